The largest absolute Gasteiger partial charge is 0.480 e. The molecule has 0 radical (unpaired) electrons. The van der Waals surface area contributed by atoms with Crippen LogP contribution in [0.15, 0.2) is 34.8 Å². The number of hydrogen-bond acceptors (Lipinski definition) is 2. The lowest BCUT2D eigenvalue weighted by atomic mass is 9.77. The van der Waals surface area contributed by atoms with Crippen molar-refractivity contribution in [3.8, 4) is 0 Å². The average Bonchev–Trinajstić information content (AvgIpc) is 2.32. The minimum Gasteiger partial charge on any atom is -0.480 e. The highest BCUT2D eigenvalue weighted by atomic mass is 79.9. The van der Waals surface area contributed by atoms with Crippen LogP contribution in [0, 0.1) is 0 Å². The van der Waals surface area contributed by atoms with E-state index in [9.17, 15) is 9.59 Å². The average molecular weight is 324 g/mol. The third kappa shape index (κ3) is 3.04. The molecule has 0 heterocycles. The van der Waals surface area contributed by atoms with Gasteiger partial charge in [0.15, 0.2) is 0 Å². The molecule has 0 aliphatic heterocycles. The summed E-state index contributed by atoms with van der Waals surface area (Å²) in [6, 6.07) is 7.49. The fourth-order valence-corrected chi connectivity index (χ4v) is 2.39. The molecule has 0 unspecified atom stereocenters. The van der Waals surface area contributed by atoms with Gasteiger partial charge in [0.1, 0.15) is 5.54 Å². The molecule has 1 amide bonds. The maximum Gasteiger partial charge on any atom is 0.329 e. The maximum atomic E-state index is 11.8. The molecule has 1 fully saturated rings. The van der Waals surface area contributed by atoms with Gasteiger partial charge in [-0.05, 0) is 37.0 Å². The van der Waals surface area contributed by atoms with Crippen molar-refractivity contribution in [3.63, 3.8) is 0 Å². The van der Waals surface area contributed by atoms with Crippen molar-refractivity contribution in [2.45, 2.75) is 24.8 Å². The van der Waals surface area contributed by atoms with Gasteiger partial charge in [0.2, 0.25) is 5.91 Å². The number of carbonyl (C=O) groups is 2. The SMILES string of the molecule is O=C(/C=C/c1ccccc1Br)NC1(C(=O)O)CCC1. The highest BCUT2D eigenvalue weighted by Gasteiger charge is 2.45. The third-order valence-corrected chi connectivity index (χ3v) is 4.02. The zero-order chi connectivity index (χ0) is 13.9. The van der Waals surface area contributed by atoms with Gasteiger partial charge in [0.05, 0.1) is 0 Å². The number of hydrogen-bond donors (Lipinski definition) is 2. The molecule has 2 rings (SSSR count). The lowest BCUT2D eigenvalue weighted by molar-refractivity contribution is -0.151. The molecule has 19 heavy (non-hydrogen) atoms. The minimum atomic E-state index is -1.06. The van der Waals surface area contributed by atoms with Crippen LogP contribution in [0.25, 0.3) is 6.08 Å². The van der Waals surface area contributed by atoms with E-state index in [2.05, 4.69) is 21.2 Å². The number of carbonyl (C=O) groups excluding carboxylic acids is 1. The van der Waals surface area contributed by atoms with Crippen molar-refractivity contribution in [3.05, 3.63) is 40.4 Å². The van der Waals surface area contributed by atoms with E-state index in [4.69, 9.17) is 5.11 Å². The first-order chi connectivity index (χ1) is 9.03. The number of carboxylic acids is 1. The molecule has 1 aliphatic carbocycles. The standard InChI is InChI=1S/C14H14BrNO3/c15-11-5-2-1-4-10(11)6-7-12(17)16-14(13(18)19)8-3-9-14/h1-2,4-7H,3,8-9H2,(H,16,17)(H,18,19)/b7-6+. The Balaban J connectivity index is 2.02. The quantitative estimate of drug-likeness (QED) is 0.837. The highest BCUT2D eigenvalue weighted by molar-refractivity contribution is 9.10. The summed E-state index contributed by atoms with van der Waals surface area (Å²) in [6.45, 7) is 0. The van der Waals surface area contributed by atoms with Crippen LogP contribution in [0.3, 0.4) is 0 Å². The monoisotopic (exact) mass is 323 g/mol. The second-order valence-electron chi connectivity index (χ2n) is 4.58. The summed E-state index contributed by atoms with van der Waals surface area (Å²) in [4.78, 5) is 22.9. The Morgan fingerprint density at radius 1 is 1.32 bits per heavy atom. The first-order valence-corrected chi connectivity index (χ1v) is 6.81. The Labute approximate surface area is 119 Å². The molecular formula is C14H14BrNO3. The lowest BCUT2D eigenvalue weighted by Crippen LogP contribution is -2.58. The van der Waals surface area contributed by atoms with Gasteiger partial charge in [-0.1, -0.05) is 34.1 Å². The predicted octanol–water partition coefficient (Wildman–Crippen LogP) is 2.59. The summed E-state index contributed by atoms with van der Waals surface area (Å²) in [5.41, 5.74) is -0.189. The number of halogens is 1. The zero-order valence-corrected chi connectivity index (χ0v) is 11.8. The van der Waals surface area contributed by atoms with Crippen LogP contribution in [-0.2, 0) is 9.59 Å². The molecule has 5 heteroatoms. The lowest BCUT2D eigenvalue weighted by Gasteiger charge is -2.37. The first-order valence-electron chi connectivity index (χ1n) is 6.02. The summed E-state index contributed by atoms with van der Waals surface area (Å²) in [7, 11) is 0. The summed E-state index contributed by atoms with van der Waals surface area (Å²) >= 11 is 3.38. The molecule has 2 N–H and O–H groups in total. The Bertz CT molecular complexity index is 535. The second-order valence-corrected chi connectivity index (χ2v) is 5.44. The van der Waals surface area contributed by atoms with Crippen LogP contribution in [0.1, 0.15) is 24.8 Å². The minimum absolute atomic E-state index is 0.377. The smallest absolute Gasteiger partial charge is 0.329 e. The molecule has 0 spiro atoms. The summed E-state index contributed by atoms with van der Waals surface area (Å²) in [6.07, 6.45) is 4.85. The molecular weight excluding hydrogens is 310 g/mol. The summed E-state index contributed by atoms with van der Waals surface area (Å²) in [5, 5.41) is 11.7. The van der Waals surface area contributed by atoms with Crippen molar-refractivity contribution in [2.24, 2.45) is 0 Å². The number of nitrogens with one attached hydrogen (secondary N) is 1. The Morgan fingerprint density at radius 3 is 2.53 bits per heavy atom. The Morgan fingerprint density at radius 2 is 2.00 bits per heavy atom. The molecule has 100 valence electrons. The fourth-order valence-electron chi connectivity index (χ4n) is 1.98. The van der Waals surface area contributed by atoms with E-state index in [-0.39, 0.29) is 5.91 Å². The number of amides is 1. The van der Waals surface area contributed by atoms with E-state index in [0.717, 1.165) is 16.5 Å². The van der Waals surface area contributed by atoms with E-state index in [0.29, 0.717) is 12.8 Å². The molecule has 0 bridgehead atoms. The van der Waals surface area contributed by atoms with Crippen molar-refractivity contribution in [2.75, 3.05) is 0 Å². The van der Waals surface area contributed by atoms with Crippen LogP contribution in [-0.4, -0.2) is 22.5 Å². The van der Waals surface area contributed by atoms with Gasteiger partial charge in [0.25, 0.3) is 0 Å². The van der Waals surface area contributed by atoms with Gasteiger partial charge in [0, 0.05) is 10.5 Å². The molecule has 1 aromatic carbocycles. The van der Waals surface area contributed by atoms with Crippen LogP contribution in [0.5, 0.6) is 0 Å². The number of benzene rings is 1. The van der Waals surface area contributed by atoms with Crippen LogP contribution in [0.2, 0.25) is 0 Å². The molecule has 1 aliphatic rings. The molecule has 4 nitrogen and oxygen atoms in total. The van der Waals surface area contributed by atoms with Gasteiger partial charge >= 0.3 is 5.97 Å². The van der Waals surface area contributed by atoms with Crippen molar-refractivity contribution in [1.29, 1.82) is 0 Å². The van der Waals surface area contributed by atoms with Crippen molar-refractivity contribution >= 4 is 33.9 Å². The third-order valence-electron chi connectivity index (χ3n) is 3.30. The maximum absolute atomic E-state index is 11.8. The van der Waals surface area contributed by atoms with Crippen molar-refractivity contribution < 1.29 is 14.7 Å². The van der Waals surface area contributed by atoms with Crippen LogP contribution in [0.4, 0.5) is 0 Å². The van der Waals surface area contributed by atoms with Gasteiger partial charge < -0.3 is 10.4 Å². The number of carboxylic acid groups (broad SMARTS) is 1. The van der Waals surface area contributed by atoms with Gasteiger partial charge in [-0.3, -0.25) is 4.79 Å². The molecule has 0 aromatic heterocycles. The normalized spacial score (nSPS) is 16.9. The number of aliphatic carboxylic acids is 1. The van der Waals surface area contributed by atoms with Crippen molar-refractivity contribution in [1.82, 2.24) is 5.32 Å². The Kier molecular flexibility index (Phi) is 4.04. The van der Waals surface area contributed by atoms with E-state index < -0.39 is 11.5 Å². The zero-order valence-electron chi connectivity index (χ0n) is 10.2. The molecule has 0 atom stereocenters. The van der Waals surface area contributed by atoms with Crippen LogP contribution < -0.4 is 5.32 Å². The summed E-state index contributed by atoms with van der Waals surface area (Å²) in [5.74, 6) is -1.33. The predicted molar refractivity (Wildman–Crippen MR) is 75.5 cm³/mol. The fraction of sp³-hybridized carbons (Fsp3) is 0.286. The van der Waals surface area contributed by atoms with E-state index >= 15 is 0 Å². The van der Waals surface area contributed by atoms with Gasteiger partial charge in [-0.25, -0.2) is 4.79 Å². The van der Waals surface area contributed by atoms with Crippen LogP contribution >= 0.6 is 15.9 Å². The summed E-state index contributed by atoms with van der Waals surface area (Å²) < 4.78 is 0.885. The molecule has 1 aromatic rings. The Hall–Kier alpha value is -1.62. The van der Waals surface area contributed by atoms with Gasteiger partial charge in [-0.15, -0.1) is 0 Å². The highest BCUT2D eigenvalue weighted by Crippen LogP contribution is 2.32. The van der Waals surface area contributed by atoms with E-state index in [1.807, 2.05) is 24.3 Å². The van der Waals surface area contributed by atoms with E-state index in [1.54, 1.807) is 6.08 Å². The van der Waals surface area contributed by atoms with Gasteiger partial charge in [-0.2, -0.15) is 0 Å². The topological polar surface area (TPSA) is 66.4 Å². The second kappa shape index (κ2) is 5.57. The molecule has 0 saturated heterocycles. The van der Waals surface area contributed by atoms with E-state index in [1.165, 1.54) is 6.08 Å². The molecule has 1 saturated carbocycles. The number of rotatable bonds is 4. The first kappa shape index (κ1) is 13.8.